The van der Waals surface area contributed by atoms with Gasteiger partial charge in [-0.2, -0.15) is 0 Å². The minimum atomic E-state index is 0.130. The Bertz CT molecular complexity index is 2710. The molecule has 7 aromatic carbocycles. The summed E-state index contributed by atoms with van der Waals surface area (Å²) in [5, 5.41) is 2.60. The average molecular weight is 637 g/mol. The average Bonchev–Trinajstić information content (AvgIpc) is 3.73. The predicted molar refractivity (Wildman–Crippen MR) is 210 cm³/mol. The van der Waals surface area contributed by atoms with E-state index < -0.39 is 0 Å². The number of hydrogen-bond acceptors (Lipinski definition) is 1. The Hall–Kier alpha value is -6.38. The molecule has 0 N–H and O–H groups in total. The van der Waals surface area contributed by atoms with Gasteiger partial charge in [0.1, 0.15) is 0 Å². The highest BCUT2D eigenvalue weighted by Crippen LogP contribution is 2.60. The van der Waals surface area contributed by atoms with Crippen molar-refractivity contribution in [2.75, 3.05) is 4.90 Å². The van der Waals surface area contributed by atoms with Gasteiger partial charge in [-0.3, -0.25) is 0 Å². The molecule has 2 heteroatoms. The molecule has 2 nitrogen and oxygen atoms in total. The first-order valence-corrected chi connectivity index (χ1v) is 17.5. The molecule has 1 aromatic heterocycles. The Kier molecular flexibility index (Phi) is 5.82. The van der Waals surface area contributed by atoms with Gasteiger partial charge in [0.2, 0.25) is 0 Å². The number of nitrogens with zero attached hydrogens (tertiary/aromatic N) is 2. The van der Waals surface area contributed by atoms with Crippen molar-refractivity contribution < 1.29 is 0 Å². The number of fused-ring (bicyclic) bond motifs is 8. The second kappa shape index (κ2) is 10.6. The van der Waals surface area contributed by atoms with Crippen LogP contribution in [0.1, 0.15) is 17.0 Å². The number of benzene rings is 7. The normalized spacial score (nSPS) is 17.0. The monoisotopic (exact) mass is 636 g/mol. The summed E-state index contributed by atoms with van der Waals surface area (Å²) in [5.74, 6) is 0.180. The third-order valence-electron chi connectivity index (χ3n) is 11.1. The van der Waals surface area contributed by atoms with E-state index in [9.17, 15) is 0 Å². The van der Waals surface area contributed by atoms with Gasteiger partial charge in [-0.1, -0.05) is 158 Å². The third kappa shape index (κ3) is 3.73. The minimum Gasteiger partial charge on any atom is -0.329 e. The maximum absolute atomic E-state index is 2.65. The van der Waals surface area contributed by atoms with E-state index in [0.717, 1.165) is 0 Å². The fourth-order valence-electron chi connectivity index (χ4n) is 9.16. The minimum absolute atomic E-state index is 0.130. The Morgan fingerprint density at radius 1 is 0.420 bits per heavy atom. The Morgan fingerprint density at radius 2 is 1.02 bits per heavy atom. The molecule has 0 bridgehead atoms. The number of para-hydroxylation sites is 2. The highest BCUT2D eigenvalue weighted by atomic mass is 15.3. The molecular weight excluding hydrogens is 605 g/mol. The molecule has 2 atom stereocenters. The molecule has 0 saturated carbocycles. The number of anilines is 2. The van der Waals surface area contributed by atoms with Gasteiger partial charge < -0.3 is 9.47 Å². The molecule has 0 spiro atoms. The van der Waals surface area contributed by atoms with E-state index in [1.165, 1.54) is 89.0 Å². The lowest BCUT2D eigenvalue weighted by Gasteiger charge is -2.40. The van der Waals surface area contributed by atoms with Crippen molar-refractivity contribution >= 4 is 44.5 Å². The van der Waals surface area contributed by atoms with Crippen LogP contribution in [0.3, 0.4) is 0 Å². The van der Waals surface area contributed by atoms with E-state index in [2.05, 4.69) is 191 Å². The topological polar surface area (TPSA) is 8.17 Å². The van der Waals surface area contributed by atoms with Crippen LogP contribution in [0.4, 0.5) is 11.4 Å². The van der Waals surface area contributed by atoms with Gasteiger partial charge >= 0.3 is 0 Å². The molecule has 0 saturated heterocycles. The second-order valence-corrected chi connectivity index (χ2v) is 13.6. The van der Waals surface area contributed by atoms with Gasteiger partial charge in [-0.15, -0.1) is 0 Å². The maximum atomic E-state index is 2.65. The SMILES string of the molecule is C1=C(c2ccccc2-c2ccccc2)C2c3ccccc3N3c4ccc(-c5ccccc5-c5ccccc5)c5c6ccccc6n(c45)C(=C1)C23. The lowest BCUT2D eigenvalue weighted by atomic mass is 9.77. The van der Waals surface area contributed by atoms with E-state index in [0.29, 0.717) is 0 Å². The largest absolute Gasteiger partial charge is 0.329 e. The summed E-state index contributed by atoms with van der Waals surface area (Å²) in [7, 11) is 0. The van der Waals surface area contributed by atoms with Crippen LogP contribution >= 0.6 is 0 Å². The zero-order valence-corrected chi connectivity index (χ0v) is 27.4. The predicted octanol–water partition coefficient (Wildman–Crippen LogP) is 12.4. The highest BCUT2D eigenvalue weighted by molar-refractivity contribution is 6.22. The van der Waals surface area contributed by atoms with Gasteiger partial charge in [0.25, 0.3) is 0 Å². The molecular formula is C48H32N2. The van der Waals surface area contributed by atoms with Gasteiger partial charge in [-0.05, 0) is 74.4 Å². The molecule has 50 heavy (non-hydrogen) atoms. The van der Waals surface area contributed by atoms with Crippen molar-refractivity contribution in [2.45, 2.75) is 12.0 Å². The van der Waals surface area contributed by atoms with Crippen LogP contribution in [-0.4, -0.2) is 10.6 Å². The van der Waals surface area contributed by atoms with Crippen LogP contribution in [0.5, 0.6) is 0 Å². The standard InChI is InChI=1S/C48H32N2/c1-3-15-31(16-4-1)33-19-7-9-21-35(33)37-27-29-43-47-45(37)39-23-11-13-25-41(39)49(47)44-30-28-38(46-40-24-12-14-26-42(40)50(43)48(44)46)36-22-10-8-20-34(36)32-17-5-2-6-18-32/h1-30,45,47H. The smallest absolute Gasteiger partial charge is 0.0857 e. The number of hydrogen-bond donors (Lipinski definition) is 0. The summed E-state index contributed by atoms with van der Waals surface area (Å²) in [6, 6.07) is 62.4. The second-order valence-electron chi connectivity index (χ2n) is 13.6. The number of allylic oxidation sites excluding steroid dienone is 2. The number of rotatable bonds is 4. The summed E-state index contributed by atoms with van der Waals surface area (Å²) in [4.78, 5) is 2.65. The fraction of sp³-hybridized carbons (Fsp3) is 0.0417. The van der Waals surface area contributed by atoms with Crippen molar-refractivity contribution in [3.05, 3.63) is 193 Å². The summed E-state index contributed by atoms with van der Waals surface area (Å²) >= 11 is 0. The van der Waals surface area contributed by atoms with Crippen molar-refractivity contribution in [1.29, 1.82) is 0 Å². The van der Waals surface area contributed by atoms with Crippen LogP contribution in [0.2, 0.25) is 0 Å². The molecule has 3 heterocycles. The first-order valence-electron chi connectivity index (χ1n) is 17.5. The molecule has 2 unspecified atom stereocenters. The van der Waals surface area contributed by atoms with Gasteiger partial charge in [0.05, 0.1) is 22.8 Å². The van der Waals surface area contributed by atoms with E-state index in [-0.39, 0.29) is 12.0 Å². The Morgan fingerprint density at radius 3 is 1.78 bits per heavy atom. The van der Waals surface area contributed by atoms with E-state index in [4.69, 9.17) is 0 Å². The lowest BCUT2D eigenvalue weighted by molar-refractivity contribution is 0.737. The summed E-state index contributed by atoms with van der Waals surface area (Å²) in [6.45, 7) is 0. The molecule has 234 valence electrons. The number of aromatic nitrogens is 1. The van der Waals surface area contributed by atoms with Gasteiger partial charge in [0.15, 0.2) is 0 Å². The van der Waals surface area contributed by atoms with Crippen LogP contribution in [0.15, 0.2) is 182 Å². The summed E-state index contributed by atoms with van der Waals surface area (Å²) in [5.41, 5.74) is 18.0. The zero-order valence-electron chi connectivity index (χ0n) is 27.4. The first kappa shape index (κ1) is 27.6. The molecule has 0 amide bonds. The van der Waals surface area contributed by atoms with Crippen molar-refractivity contribution in [3.63, 3.8) is 0 Å². The summed E-state index contributed by atoms with van der Waals surface area (Å²) in [6.07, 6.45) is 4.83. The lowest BCUT2D eigenvalue weighted by Crippen LogP contribution is -2.38. The van der Waals surface area contributed by atoms with Crippen LogP contribution in [0, 0.1) is 0 Å². The van der Waals surface area contributed by atoms with E-state index >= 15 is 0 Å². The van der Waals surface area contributed by atoms with Crippen LogP contribution in [-0.2, 0) is 0 Å². The van der Waals surface area contributed by atoms with Crippen LogP contribution in [0.25, 0.3) is 66.5 Å². The van der Waals surface area contributed by atoms with E-state index in [1.54, 1.807) is 0 Å². The van der Waals surface area contributed by atoms with Crippen LogP contribution < -0.4 is 4.90 Å². The zero-order chi connectivity index (χ0) is 32.8. The van der Waals surface area contributed by atoms with Crippen molar-refractivity contribution in [1.82, 2.24) is 4.57 Å². The molecule has 3 aliphatic rings. The molecule has 0 fully saturated rings. The Labute approximate surface area is 291 Å². The first-order chi connectivity index (χ1) is 24.9. The molecule has 0 radical (unpaired) electrons. The summed E-state index contributed by atoms with van der Waals surface area (Å²) < 4.78 is 2.59. The van der Waals surface area contributed by atoms with Crippen molar-refractivity contribution in [3.8, 4) is 33.4 Å². The van der Waals surface area contributed by atoms with Crippen molar-refractivity contribution in [2.24, 2.45) is 0 Å². The Balaban J connectivity index is 1.22. The van der Waals surface area contributed by atoms with Gasteiger partial charge in [0, 0.05) is 28.1 Å². The highest BCUT2D eigenvalue weighted by Gasteiger charge is 2.49. The maximum Gasteiger partial charge on any atom is 0.0857 e. The molecule has 8 aromatic rings. The third-order valence-corrected chi connectivity index (χ3v) is 11.1. The quantitative estimate of drug-likeness (QED) is 0.187. The van der Waals surface area contributed by atoms with E-state index in [1.807, 2.05) is 0 Å². The van der Waals surface area contributed by atoms with Gasteiger partial charge in [-0.25, -0.2) is 0 Å². The fourth-order valence-corrected chi connectivity index (χ4v) is 9.16. The molecule has 1 aliphatic carbocycles. The molecule has 11 rings (SSSR count). The molecule has 2 aliphatic heterocycles.